The van der Waals surface area contributed by atoms with Crippen molar-refractivity contribution in [1.82, 2.24) is 10.2 Å². The van der Waals surface area contributed by atoms with E-state index in [4.69, 9.17) is 10.00 Å². The van der Waals surface area contributed by atoms with E-state index in [1.165, 1.54) is 0 Å². The Morgan fingerprint density at radius 1 is 1.50 bits per heavy atom. The summed E-state index contributed by atoms with van der Waals surface area (Å²) < 4.78 is 5.53. The molecule has 1 atom stereocenters. The van der Waals surface area contributed by atoms with Crippen molar-refractivity contribution >= 4 is 11.8 Å². The average Bonchev–Trinajstić information content (AvgIpc) is 2.44. The van der Waals surface area contributed by atoms with Gasteiger partial charge in [0.25, 0.3) is 0 Å². The van der Waals surface area contributed by atoms with Crippen LogP contribution in [0.25, 0.3) is 0 Å². The molecule has 2 amide bonds. The summed E-state index contributed by atoms with van der Waals surface area (Å²) in [7, 11) is 0. The first-order chi connectivity index (χ1) is 9.60. The van der Waals surface area contributed by atoms with Crippen LogP contribution in [0.2, 0.25) is 0 Å². The maximum atomic E-state index is 11.5. The number of rotatable bonds is 4. The van der Waals surface area contributed by atoms with Crippen molar-refractivity contribution in [3.8, 4) is 11.8 Å². The number of benzene rings is 1. The number of nitrogens with one attached hydrogen (secondary N) is 1. The predicted molar refractivity (Wildman–Crippen MR) is 70.8 cm³/mol. The lowest BCUT2D eigenvalue weighted by molar-refractivity contribution is -0.139. The van der Waals surface area contributed by atoms with Gasteiger partial charge in [0.2, 0.25) is 11.8 Å². The number of amides is 2. The number of carbonyl (C=O) groups is 2. The van der Waals surface area contributed by atoms with Crippen LogP contribution in [0.5, 0.6) is 5.75 Å². The largest absolute Gasteiger partial charge is 0.492 e. The van der Waals surface area contributed by atoms with Gasteiger partial charge in [-0.1, -0.05) is 6.07 Å². The molecule has 104 valence electrons. The van der Waals surface area contributed by atoms with Gasteiger partial charge in [-0.3, -0.25) is 19.8 Å². The third-order valence-corrected chi connectivity index (χ3v) is 3.15. The molecule has 0 bridgehead atoms. The third kappa shape index (κ3) is 3.33. The van der Waals surface area contributed by atoms with Gasteiger partial charge in [0, 0.05) is 6.54 Å². The number of piperazine rings is 1. The molecule has 1 heterocycles. The highest BCUT2D eigenvalue weighted by Gasteiger charge is 2.29. The van der Waals surface area contributed by atoms with Crippen LogP contribution in [0.15, 0.2) is 24.3 Å². The fraction of sp³-hybridized carbons (Fsp3) is 0.357. The van der Waals surface area contributed by atoms with Gasteiger partial charge in [0.1, 0.15) is 12.4 Å². The van der Waals surface area contributed by atoms with E-state index in [1.807, 2.05) is 6.07 Å². The molecule has 0 saturated carbocycles. The maximum Gasteiger partial charge on any atom is 0.243 e. The lowest BCUT2D eigenvalue weighted by Gasteiger charge is -2.31. The van der Waals surface area contributed by atoms with E-state index < -0.39 is 0 Å². The number of ether oxygens (including phenoxy) is 1. The van der Waals surface area contributed by atoms with E-state index >= 15 is 0 Å². The molecule has 2 rings (SSSR count). The molecule has 1 aromatic rings. The molecule has 0 aliphatic carbocycles. The summed E-state index contributed by atoms with van der Waals surface area (Å²) in [6.07, 6.45) is 0. The number of imide groups is 1. The molecule has 1 N–H and O–H groups in total. The van der Waals surface area contributed by atoms with Crippen LogP contribution in [-0.2, 0) is 9.59 Å². The summed E-state index contributed by atoms with van der Waals surface area (Å²) in [4.78, 5) is 24.5. The minimum absolute atomic E-state index is 0.189. The standard InChI is InChI=1S/C14H15N3O3/c1-10-14(19)16-13(18)9-17(10)5-6-20-12-4-2-3-11(7-12)8-15/h2-4,7,10H,5-6,9H2,1H3,(H,16,18,19). The van der Waals surface area contributed by atoms with Gasteiger partial charge >= 0.3 is 0 Å². The van der Waals surface area contributed by atoms with Gasteiger partial charge in [0.15, 0.2) is 0 Å². The van der Waals surface area contributed by atoms with Crippen LogP contribution in [-0.4, -0.2) is 42.5 Å². The average molecular weight is 273 g/mol. The summed E-state index contributed by atoms with van der Waals surface area (Å²) in [5, 5.41) is 11.1. The number of hydrogen-bond donors (Lipinski definition) is 1. The smallest absolute Gasteiger partial charge is 0.243 e. The second-order valence-electron chi connectivity index (χ2n) is 4.55. The SMILES string of the molecule is CC1C(=O)NC(=O)CN1CCOc1cccc(C#N)c1. The van der Waals surface area contributed by atoms with Crippen molar-refractivity contribution in [2.45, 2.75) is 13.0 Å². The fourth-order valence-electron chi connectivity index (χ4n) is 1.98. The van der Waals surface area contributed by atoms with Gasteiger partial charge in [-0.05, 0) is 25.1 Å². The maximum absolute atomic E-state index is 11.5. The number of hydrogen-bond acceptors (Lipinski definition) is 5. The Morgan fingerprint density at radius 2 is 2.30 bits per heavy atom. The van der Waals surface area contributed by atoms with Crippen molar-refractivity contribution in [3.05, 3.63) is 29.8 Å². The second kappa shape index (κ2) is 6.17. The highest BCUT2D eigenvalue weighted by Crippen LogP contribution is 2.13. The van der Waals surface area contributed by atoms with Crippen LogP contribution < -0.4 is 10.1 Å². The first-order valence-corrected chi connectivity index (χ1v) is 6.31. The lowest BCUT2D eigenvalue weighted by atomic mass is 10.2. The Morgan fingerprint density at radius 3 is 3.05 bits per heavy atom. The Kier molecular flexibility index (Phi) is 4.33. The summed E-state index contributed by atoms with van der Waals surface area (Å²) >= 11 is 0. The molecule has 1 aromatic carbocycles. The Hall–Kier alpha value is -2.39. The van der Waals surface area contributed by atoms with Crippen LogP contribution in [0.1, 0.15) is 12.5 Å². The van der Waals surface area contributed by atoms with E-state index in [9.17, 15) is 9.59 Å². The van der Waals surface area contributed by atoms with E-state index in [0.717, 1.165) is 0 Å². The Bertz CT molecular complexity index is 565. The van der Waals surface area contributed by atoms with Gasteiger partial charge in [-0.25, -0.2) is 0 Å². The molecular weight excluding hydrogens is 258 g/mol. The van der Waals surface area contributed by atoms with Gasteiger partial charge in [-0.15, -0.1) is 0 Å². The van der Waals surface area contributed by atoms with Crippen LogP contribution >= 0.6 is 0 Å². The topological polar surface area (TPSA) is 82.4 Å². The van der Waals surface area contributed by atoms with Crippen molar-refractivity contribution in [1.29, 1.82) is 5.26 Å². The third-order valence-electron chi connectivity index (χ3n) is 3.15. The van der Waals surface area contributed by atoms with Gasteiger partial charge in [-0.2, -0.15) is 5.26 Å². The zero-order valence-electron chi connectivity index (χ0n) is 11.1. The van der Waals surface area contributed by atoms with Crippen LogP contribution in [0.3, 0.4) is 0 Å². The molecule has 0 radical (unpaired) electrons. The number of nitriles is 1. The molecule has 1 saturated heterocycles. The minimum atomic E-state index is -0.346. The normalized spacial score (nSPS) is 19.3. The first-order valence-electron chi connectivity index (χ1n) is 6.31. The van der Waals surface area contributed by atoms with E-state index in [2.05, 4.69) is 5.32 Å². The highest BCUT2D eigenvalue weighted by molar-refractivity contribution is 6.00. The van der Waals surface area contributed by atoms with Crippen LogP contribution in [0.4, 0.5) is 0 Å². The molecule has 6 heteroatoms. The second-order valence-corrected chi connectivity index (χ2v) is 4.55. The predicted octanol–water partition coefficient (Wildman–Crippen LogP) is 0.284. The zero-order valence-corrected chi connectivity index (χ0v) is 11.1. The summed E-state index contributed by atoms with van der Waals surface area (Å²) in [5.41, 5.74) is 0.531. The lowest BCUT2D eigenvalue weighted by Crippen LogP contribution is -2.57. The van der Waals surface area contributed by atoms with Crippen molar-refractivity contribution in [3.63, 3.8) is 0 Å². The molecule has 1 aliphatic heterocycles. The quantitative estimate of drug-likeness (QED) is 0.797. The minimum Gasteiger partial charge on any atom is -0.492 e. The molecule has 1 unspecified atom stereocenters. The van der Waals surface area contributed by atoms with Crippen molar-refractivity contribution in [2.24, 2.45) is 0 Å². The molecule has 20 heavy (non-hydrogen) atoms. The van der Waals surface area contributed by atoms with Crippen LogP contribution in [0, 0.1) is 11.3 Å². The molecule has 6 nitrogen and oxygen atoms in total. The Balaban J connectivity index is 1.87. The van der Waals surface area contributed by atoms with E-state index in [-0.39, 0.29) is 24.4 Å². The molecule has 0 aromatic heterocycles. The van der Waals surface area contributed by atoms with Gasteiger partial charge in [0.05, 0.1) is 24.2 Å². The summed E-state index contributed by atoms with van der Waals surface area (Å²) in [6.45, 7) is 2.75. The molecular formula is C14H15N3O3. The summed E-state index contributed by atoms with van der Waals surface area (Å²) in [6, 6.07) is 8.55. The van der Waals surface area contributed by atoms with Gasteiger partial charge < -0.3 is 4.74 Å². The number of nitrogens with zero attached hydrogens (tertiary/aromatic N) is 2. The zero-order chi connectivity index (χ0) is 14.5. The number of carbonyl (C=O) groups excluding carboxylic acids is 2. The monoisotopic (exact) mass is 273 g/mol. The van der Waals surface area contributed by atoms with E-state index in [1.54, 1.807) is 36.1 Å². The molecule has 1 aliphatic rings. The summed E-state index contributed by atoms with van der Waals surface area (Å²) in [5.74, 6) is 0.0248. The Labute approximate surface area is 116 Å². The van der Waals surface area contributed by atoms with Crippen molar-refractivity contribution in [2.75, 3.05) is 19.7 Å². The van der Waals surface area contributed by atoms with E-state index in [0.29, 0.717) is 24.5 Å². The highest BCUT2D eigenvalue weighted by atomic mass is 16.5. The fourth-order valence-corrected chi connectivity index (χ4v) is 1.98. The van der Waals surface area contributed by atoms with Crippen molar-refractivity contribution < 1.29 is 14.3 Å². The first kappa shape index (κ1) is 14.0. The molecule has 0 spiro atoms. The molecule has 1 fully saturated rings.